The first-order chi connectivity index (χ1) is 12.4. The number of benzene rings is 1. The summed E-state index contributed by atoms with van der Waals surface area (Å²) in [5.74, 6) is -0.237. The van der Waals surface area contributed by atoms with Crippen molar-refractivity contribution < 1.29 is 23.6 Å². The van der Waals surface area contributed by atoms with Crippen molar-refractivity contribution in [3.05, 3.63) is 41.7 Å². The van der Waals surface area contributed by atoms with Crippen molar-refractivity contribution in [2.45, 2.75) is 32.8 Å². The third-order valence-electron chi connectivity index (χ3n) is 4.02. The predicted molar refractivity (Wildman–Crippen MR) is 92.8 cm³/mol. The van der Waals surface area contributed by atoms with Crippen molar-refractivity contribution >= 4 is 29.3 Å². The van der Waals surface area contributed by atoms with Gasteiger partial charge in [0.2, 0.25) is 5.91 Å². The number of anilines is 2. The van der Waals surface area contributed by atoms with Crippen LogP contribution in [0.4, 0.5) is 11.5 Å². The van der Waals surface area contributed by atoms with Crippen molar-refractivity contribution in [3.63, 3.8) is 0 Å². The number of hydrogen-bond donors (Lipinski definition) is 1. The van der Waals surface area contributed by atoms with E-state index in [-0.39, 0.29) is 11.7 Å². The van der Waals surface area contributed by atoms with Crippen molar-refractivity contribution in [1.82, 2.24) is 5.16 Å². The summed E-state index contributed by atoms with van der Waals surface area (Å²) in [5, 5.41) is 6.15. The zero-order chi connectivity index (χ0) is 18.7. The second kappa shape index (κ2) is 7.38. The topological polar surface area (TPSA) is 102 Å². The van der Waals surface area contributed by atoms with Crippen LogP contribution in [0.25, 0.3) is 0 Å². The lowest BCUT2D eigenvalue weighted by Crippen LogP contribution is -2.30. The van der Waals surface area contributed by atoms with E-state index in [0.717, 1.165) is 12.1 Å². The maximum absolute atomic E-state index is 12.2. The normalized spacial score (nSPS) is 15.0. The molecule has 0 bridgehead atoms. The number of aryl methyl sites for hydroxylation is 1. The lowest BCUT2D eigenvalue weighted by Gasteiger charge is -2.16. The zero-order valence-corrected chi connectivity index (χ0v) is 14.5. The lowest BCUT2D eigenvalue weighted by molar-refractivity contribution is -0.123. The fourth-order valence-electron chi connectivity index (χ4n) is 2.63. The van der Waals surface area contributed by atoms with Crippen LogP contribution < -0.4 is 10.2 Å². The molecule has 1 aliphatic heterocycles. The molecule has 8 nitrogen and oxygen atoms in total. The fraction of sp³-hybridized carbons (Fsp3) is 0.333. The first kappa shape index (κ1) is 17.7. The summed E-state index contributed by atoms with van der Waals surface area (Å²) < 4.78 is 10.0. The third-order valence-corrected chi connectivity index (χ3v) is 4.02. The van der Waals surface area contributed by atoms with Gasteiger partial charge in [-0.25, -0.2) is 4.79 Å². The molecule has 0 saturated carbocycles. The molecule has 136 valence electrons. The van der Waals surface area contributed by atoms with Gasteiger partial charge >= 0.3 is 5.97 Å². The van der Waals surface area contributed by atoms with Gasteiger partial charge in [-0.2, -0.15) is 0 Å². The van der Waals surface area contributed by atoms with Gasteiger partial charge in [0.25, 0.3) is 5.91 Å². The molecular formula is C18H19N3O5. The maximum Gasteiger partial charge on any atom is 0.338 e. The van der Waals surface area contributed by atoms with E-state index in [1.807, 2.05) is 0 Å². The molecule has 3 rings (SSSR count). The molecule has 2 aromatic rings. The number of nitrogens with one attached hydrogen (secondary N) is 1. The van der Waals surface area contributed by atoms with Gasteiger partial charge in [-0.1, -0.05) is 5.16 Å². The Morgan fingerprint density at radius 3 is 2.62 bits per heavy atom. The van der Waals surface area contributed by atoms with E-state index in [4.69, 9.17) is 9.26 Å². The van der Waals surface area contributed by atoms with Gasteiger partial charge < -0.3 is 19.5 Å². The van der Waals surface area contributed by atoms with Gasteiger partial charge in [-0.05, 0) is 44.5 Å². The van der Waals surface area contributed by atoms with Gasteiger partial charge in [-0.3, -0.25) is 9.59 Å². The number of hydrogen-bond acceptors (Lipinski definition) is 6. The minimum Gasteiger partial charge on any atom is -0.449 e. The van der Waals surface area contributed by atoms with E-state index in [2.05, 4.69) is 10.5 Å². The largest absolute Gasteiger partial charge is 0.449 e. The zero-order valence-electron chi connectivity index (χ0n) is 14.5. The SMILES string of the molecule is Cc1cc(NC(=O)[C@H](C)OC(=O)c2ccc(N3CCCC3=O)cc2)no1. The summed E-state index contributed by atoms with van der Waals surface area (Å²) in [6.07, 6.45) is 0.376. The molecule has 0 aliphatic carbocycles. The second-order valence-electron chi connectivity index (χ2n) is 6.06. The maximum atomic E-state index is 12.2. The van der Waals surface area contributed by atoms with Crippen LogP contribution in [0, 0.1) is 6.92 Å². The molecule has 1 atom stereocenters. The molecule has 1 aliphatic rings. The van der Waals surface area contributed by atoms with Crippen LogP contribution in [-0.4, -0.2) is 35.6 Å². The molecule has 1 N–H and O–H groups in total. The molecular weight excluding hydrogens is 338 g/mol. The van der Waals surface area contributed by atoms with Gasteiger partial charge in [0.1, 0.15) is 5.76 Å². The summed E-state index contributed by atoms with van der Waals surface area (Å²) >= 11 is 0. The van der Waals surface area contributed by atoms with Crippen molar-refractivity contribution in [3.8, 4) is 0 Å². The van der Waals surface area contributed by atoms with Gasteiger partial charge in [0.15, 0.2) is 11.9 Å². The Morgan fingerprint density at radius 2 is 2.04 bits per heavy atom. The second-order valence-corrected chi connectivity index (χ2v) is 6.06. The van der Waals surface area contributed by atoms with E-state index in [1.54, 1.807) is 42.2 Å². The van der Waals surface area contributed by atoms with Crippen LogP contribution in [0.2, 0.25) is 0 Å². The number of carbonyl (C=O) groups excluding carboxylic acids is 3. The highest BCUT2D eigenvalue weighted by Gasteiger charge is 2.23. The molecule has 8 heteroatoms. The average molecular weight is 357 g/mol. The van der Waals surface area contributed by atoms with Crippen molar-refractivity contribution in [1.29, 1.82) is 0 Å². The number of ether oxygens (including phenoxy) is 1. The van der Waals surface area contributed by atoms with Crippen LogP contribution in [0.5, 0.6) is 0 Å². The number of nitrogens with zero attached hydrogens (tertiary/aromatic N) is 2. The molecule has 0 radical (unpaired) electrons. The fourth-order valence-corrected chi connectivity index (χ4v) is 2.63. The summed E-state index contributed by atoms with van der Waals surface area (Å²) in [6, 6.07) is 8.11. The van der Waals surface area contributed by atoms with Crippen LogP contribution in [0.3, 0.4) is 0 Å². The Bertz CT molecular complexity index is 828. The predicted octanol–water partition coefficient (Wildman–Crippen LogP) is 2.29. The summed E-state index contributed by atoms with van der Waals surface area (Å²) in [5.41, 5.74) is 1.05. The highest BCUT2D eigenvalue weighted by molar-refractivity contribution is 5.98. The van der Waals surface area contributed by atoms with E-state index < -0.39 is 18.0 Å². The quantitative estimate of drug-likeness (QED) is 0.824. The van der Waals surface area contributed by atoms with Crippen LogP contribution in [0.15, 0.2) is 34.9 Å². The van der Waals surface area contributed by atoms with E-state index in [1.165, 1.54) is 6.92 Å². The van der Waals surface area contributed by atoms with E-state index in [0.29, 0.717) is 24.3 Å². The highest BCUT2D eigenvalue weighted by Crippen LogP contribution is 2.22. The molecule has 1 saturated heterocycles. The molecule has 0 spiro atoms. The van der Waals surface area contributed by atoms with Crippen molar-refractivity contribution in [2.75, 3.05) is 16.8 Å². The number of amides is 2. The number of rotatable bonds is 5. The smallest absolute Gasteiger partial charge is 0.338 e. The number of aromatic nitrogens is 1. The Balaban J connectivity index is 1.58. The first-order valence-corrected chi connectivity index (χ1v) is 8.29. The molecule has 26 heavy (non-hydrogen) atoms. The number of esters is 1. The Labute approximate surface area is 150 Å². The Kier molecular flexibility index (Phi) is 5.01. The summed E-state index contributed by atoms with van der Waals surface area (Å²) in [4.78, 5) is 37.7. The molecule has 1 aromatic carbocycles. The van der Waals surface area contributed by atoms with Crippen LogP contribution in [0.1, 0.15) is 35.9 Å². The van der Waals surface area contributed by atoms with E-state index in [9.17, 15) is 14.4 Å². The third kappa shape index (κ3) is 3.90. The van der Waals surface area contributed by atoms with Crippen LogP contribution >= 0.6 is 0 Å². The van der Waals surface area contributed by atoms with Crippen LogP contribution in [-0.2, 0) is 14.3 Å². The molecule has 1 fully saturated rings. The highest BCUT2D eigenvalue weighted by atomic mass is 16.5. The Hall–Kier alpha value is -3.16. The van der Waals surface area contributed by atoms with Gasteiger partial charge in [-0.15, -0.1) is 0 Å². The monoisotopic (exact) mass is 357 g/mol. The molecule has 2 amide bonds. The molecule has 2 heterocycles. The summed E-state index contributed by atoms with van der Waals surface area (Å²) in [6.45, 7) is 3.85. The molecule has 0 unspecified atom stereocenters. The van der Waals surface area contributed by atoms with Gasteiger partial charge in [0, 0.05) is 24.7 Å². The van der Waals surface area contributed by atoms with E-state index >= 15 is 0 Å². The first-order valence-electron chi connectivity index (χ1n) is 8.29. The minimum absolute atomic E-state index is 0.0775. The Morgan fingerprint density at radius 1 is 1.31 bits per heavy atom. The number of carbonyl (C=O) groups is 3. The minimum atomic E-state index is -1.00. The van der Waals surface area contributed by atoms with Gasteiger partial charge in [0.05, 0.1) is 5.56 Å². The lowest BCUT2D eigenvalue weighted by atomic mass is 10.2. The average Bonchev–Trinajstić information content (AvgIpc) is 3.23. The molecule has 1 aromatic heterocycles. The summed E-state index contributed by atoms with van der Waals surface area (Å²) in [7, 11) is 0. The van der Waals surface area contributed by atoms with Crippen molar-refractivity contribution in [2.24, 2.45) is 0 Å². The standard InChI is InChI=1S/C18H19N3O5/c1-11-10-15(20-26-11)19-17(23)12(2)25-18(24)13-5-7-14(8-6-13)21-9-3-4-16(21)22/h5-8,10,12H,3-4,9H2,1-2H3,(H,19,20,23)/t12-/m0/s1.